The van der Waals surface area contributed by atoms with Gasteiger partial charge in [0.25, 0.3) is 0 Å². The fourth-order valence-corrected chi connectivity index (χ4v) is 5.63. The van der Waals surface area contributed by atoms with E-state index in [-0.39, 0.29) is 6.10 Å². The van der Waals surface area contributed by atoms with Gasteiger partial charge in [-0.3, -0.25) is 0 Å². The number of anilines is 2. The molecule has 0 spiro atoms. The minimum absolute atomic E-state index is 0.210. The molecule has 0 unspecified atom stereocenters. The predicted octanol–water partition coefficient (Wildman–Crippen LogP) is 1.92. The van der Waals surface area contributed by atoms with Crippen LogP contribution in [0.1, 0.15) is 32.1 Å². The van der Waals surface area contributed by atoms with E-state index in [0.717, 1.165) is 61.5 Å². The highest BCUT2D eigenvalue weighted by molar-refractivity contribution is 5.45. The van der Waals surface area contributed by atoms with Gasteiger partial charge in [-0.25, -0.2) is 4.98 Å². The fraction of sp³-hybridized carbons (Fsp3) is 0.778. The second kappa shape index (κ2) is 5.33. The number of fused-ring (bicyclic) bond motifs is 2. The molecule has 5 fully saturated rings. The fourth-order valence-electron chi connectivity index (χ4n) is 5.63. The van der Waals surface area contributed by atoms with Gasteiger partial charge in [0, 0.05) is 32.4 Å². The maximum atomic E-state index is 9.75. The minimum atomic E-state index is -0.210. The molecular weight excluding hydrogens is 288 g/mol. The molecule has 5 nitrogen and oxygen atoms in total. The number of nitrogens with zero attached hydrogens (tertiary/aromatic N) is 4. The zero-order chi connectivity index (χ0) is 15.4. The largest absolute Gasteiger partial charge is 0.391 e. The van der Waals surface area contributed by atoms with Crippen LogP contribution < -0.4 is 9.80 Å². The lowest BCUT2D eigenvalue weighted by atomic mass is 9.60. The molecule has 2 aliphatic heterocycles. The van der Waals surface area contributed by atoms with Crippen molar-refractivity contribution in [2.45, 2.75) is 38.2 Å². The van der Waals surface area contributed by atoms with Crippen molar-refractivity contribution in [2.75, 3.05) is 36.0 Å². The highest BCUT2D eigenvalue weighted by Crippen LogP contribution is 2.52. The van der Waals surface area contributed by atoms with Crippen LogP contribution in [-0.2, 0) is 0 Å². The van der Waals surface area contributed by atoms with Crippen molar-refractivity contribution in [1.82, 2.24) is 9.97 Å². The van der Waals surface area contributed by atoms with Crippen LogP contribution in [0.25, 0.3) is 0 Å². The Morgan fingerprint density at radius 3 is 2.22 bits per heavy atom. The average Bonchev–Trinajstić information content (AvgIpc) is 3.23. The van der Waals surface area contributed by atoms with Crippen molar-refractivity contribution in [2.24, 2.45) is 23.7 Å². The lowest BCUT2D eigenvalue weighted by molar-refractivity contribution is 0.0577. The molecule has 2 saturated heterocycles. The molecule has 23 heavy (non-hydrogen) atoms. The molecule has 5 aliphatic rings. The smallest absolute Gasteiger partial charge is 0.227 e. The Labute approximate surface area is 137 Å². The van der Waals surface area contributed by atoms with E-state index < -0.39 is 0 Å². The van der Waals surface area contributed by atoms with Gasteiger partial charge in [0.1, 0.15) is 5.82 Å². The minimum Gasteiger partial charge on any atom is -0.391 e. The van der Waals surface area contributed by atoms with Gasteiger partial charge in [0.2, 0.25) is 5.95 Å². The monoisotopic (exact) mass is 314 g/mol. The van der Waals surface area contributed by atoms with E-state index in [9.17, 15) is 5.11 Å². The first kappa shape index (κ1) is 14.0. The van der Waals surface area contributed by atoms with Crippen molar-refractivity contribution in [3.8, 4) is 0 Å². The highest BCUT2D eigenvalue weighted by atomic mass is 16.3. The predicted molar refractivity (Wildman–Crippen MR) is 89.5 cm³/mol. The zero-order valence-electron chi connectivity index (χ0n) is 13.6. The number of aliphatic hydroxyl groups excluding tert-OH is 1. The Hall–Kier alpha value is -1.36. The highest BCUT2D eigenvalue weighted by Gasteiger charge is 2.48. The third-order valence-corrected chi connectivity index (χ3v) is 6.84. The molecule has 0 radical (unpaired) electrons. The molecule has 3 aliphatic carbocycles. The summed E-state index contributed by atoms with van der Waals surface area (Å²) in [6.07, 6.45) is 8.32. The Kier molecular flexibility index (Phi) is 3.25. The second-order valence-electron chi connectivity index (χ2n) is 8.01. The molecule has 124 valence electrons. The summed E-state index contributed by atoms with van der Waals surface area (Å²) >= 11 is 0. The van der Waals surface area contributed by atoms with Gasteiger partial charge in [-0.1, -0.05) is 0 Å². The number of hydrogen-bond donors (Lipinski definition) is 1. The zero-order valence-corrected chi connectivity index (χ0v) is 13.6. The maximum absolute atomic E-state index is 9.75. The molecule has 6 rings (SSSR count). The molecule has 5 heteroatoms. The van der Waals surface area contributed by atoms with E-state index >= 15 is 0 Å². The van der Waals surface area contributed by atoms with Crippen LogP contribution in [0.5, 0.6) is 0 Å². The van der Waals surface area contributed by atoms with Crippen LogP contribution in [0, 0.1) is 23.7 Å². The van der Waals surface area contributed by atoms with Crippen molar-refractivity contribution < 1.29 is 5.11 Å². The Morgan fingerprint density at radius 2 is 1.61 bits per heavy atom. The molecule has 1 N–H and O–H groups in total. The molecule has 3 saturated carbocycles. The molecule has 0 amide bonds. The topological polar surface area (TPSA) is 52.5 Å². The van der Waals surface area contributed by atoms with Crippen LogP contribution in [0.4, 0.5) is 11.8 Å². The first-order chi connectivity index (χ1) is 11.3. The normalized spacial score (nSPS) is 39.1. The van der Waals surface area contributed by atoms with Crippen LogP contribution in [-0.4, -0.2) is 47.4 Å². The molecule has 0 aromatic carbocycles. The third kappa shape index (κ3) is 2.32. The summed E-state index contributed by atoms with van der Waals surface area (Å²) < 4.78 is 0. The van der Waals surface area contributed by atoms with Gasteiger partial charge >= 0.3 is 0 Å². The van der Waals surface area contributed by atoms with Gasteiger partial charge in [0.05, 0.1) is 6.10 Å². The molecule has 2 bridgehead atoms. The van der Waals surface area contributed by atoms with E-state index in [1.165, 1.54) is 25.7 Å². The Bertz CT molecular complexity index is 566. The number of aromatic nitrogens is 2. The quantitative estimate of drug-likeness (QED) is 0.904. The van der Waals surface area contributed by atoms with Crippen LogP contribution in [0.15, 0.2) is 12.3 Å². The van der Waals surface area contributed by atoms with Gasteiger partial charge < -0.3 is 14.9 Å². The lowest BCUT2D eigenvalue weighted by Crippen LogP contribution is -2.38. The molecule has 1 aromatic rings. The van der Waals surface area contributed by atoms with Crippen LogP contribution in [0.2, 0.25) is 0 Å². The van der Waals surface area contributed by atoms with Crippen molar-refractivity contribution >= 4 is 11.8 Å². The second-order valence-corrected chi connectivity index (χ2v) is 8.01. The molecule has 1 aromatic heterocycles. The van der Waals surface area contributed by atoms with Gasteiger partial charge in [0.15, 0.2) is 0 Å². The summed E-state index contributed by atoms with van der Waals surface area (Å²) in [4.78, 5) is 14.0. The average molecular weight is 314 g/mol. The van der Waals surface area contributed by atoms with Crippen molar-refractivity contribution in [3.63, 3.8) is 0 Å². The SMILES string of the molecule is O[C@@H]1CCN(c2ccnc(N3C[C@@H]4C5CCC(CC5)[C@@H]4C3)n2)C1. The standard InChI is InChI=1S/C18H26N4O/c23-14-6-8-21(9-14)17-5-7-19-18(20-17)22-10-15-12-1-2-13(4-3-12)16(15)11-22/h5,7,12-16,23H,1-4,6,8-11H2/t12?,13?,14-,15-,16+/m1/s1. The van der Waals surface area contributed by atoms with Crippen LogP contribution >= 0.6 is 0 Å². The number of aliphatic hydroxyl groups is 1. The summed E-state index contributed by atoms with van der Waals surface area (Å²) in [7, 11) is 0. The van der Waals surface area contributed by atoms with E-state index in [1.54, 1.807) is 0 Å². The summed E-state index contributed by atoms with van der Waals surface area (Å²) in [6, 6.07) is 1.98. The van der Waals surface area contributed by atoms with E-state index in [1.807, 2.05) is 12.3 Å². The Morgan fingerprint density at radius 1 is 0.913 bits per heavy atom. The summed E-state index contributed by atoms with van der Waals surface area (Å²) in [5.41, 5.74) is 0. The molecular formula is C18H26N4O. The van der Waals surface area contributed by atoms with E-state index in [4.69, 9.17) is 4.98 Å². The van der Waals surface area contributed by atoms with E-state index in [2.05, 4.69) is 14.8 Å². The maximum Gasteiger partial charge on any atom is 0.227 e. The number of β-amino-alcohol motifs (C(OH)–C–C–N with tert-alkyl or cyclic N) is 1. The first-order valence-corrected chi connectivity index (χ1v) is 9.29. The van der Waals surface area contributed by atoms with Gasteiger partial charge in [-0.2, -0.15) is 4.98 Å². The summed E-state index contributed by atoms with van der Waals surface area (Å²) in [5, 5.41) is 9.75. The molecule has 3 heterocycles. The summed E-state index contributed by atoms with van der Waals surface area (Å²) in [5.74, 6) is 5.53. The third-order valence-electron chi connectivity index (χ3n) is 6.84. The van der Waals surface area contributed by atoms with Gasteiger partial charge in [-0.15, -0.1) is 0 Å². The number of hydrogen-bond acceptors (Lipinski definition) is 5. The first-order valence-electron chi connectivity index (χ1n) is 9.29. The Balaban J connectivity index is 1.36. The molecule has 3 atom stereocenters. The van der Waals surface area contributed by atoms with Crippen molar-refractivity contribution in [3.05, 3.63) is 12.3 Å². The van der Waals surface area contributed by atoms with Gasteiger partial charge in [-0.05, 0) is 61.8 Å². The van der Waals surface area contributed by atoms with Crippen LogP contribution in [0.3, 0.4) is 0 Å². The summed E-state index contributed by atoms with van der Waals surface area (Å²) in [6.45, 7) is 3.90. The van der Waals surface area contributed by atoms with Crippen molar-refractivity contribution in [1.29, 1.82) is 0 Å². The number of rotatable bonds is 2. The lowest BCUT2D eigenvalue weighted by Gasteiger charge is -2.44. The van der Waals surface area contributed by atoms with E-state index in [0.29, 0.717) is 6.54 Å².